The number of rotatable bonds is 5. The van der Waals surface area contributed by atoms with Crippen LogP contribution in [0.5, 0.6) is 0 Å². The van der Waals surface area contributed by atoms with Crippen LogP contribution in [0.1, 0.15) is 30.1 Å². The van der Waals surface area contributed by atoms with Crippen LogP contribution in [0.15, 0.2) is 24.5 Å². The zero-order chi connectivity index (χ0) is 17.6. The number of likely N-dealkylation sites (tertiary alicyclic amines) is 1. The summed E-state index contributed by atoms with van der Waals surface area (Å²) in [6, 6.07) is 4.70. The smallest absolute Gasteiger partial charge is 0.253 e. The van der Waals surface area contributed by atoms with Crippen molar-refractivity contribution in [2.24, 2.45) is 0 Å². The monoisotopic (exact) mass is 346 g/mol. The quantitative estimate of drug-likeness (QED) is 0.805. The highest BCUT2D eigenvalue weighted by molar-refractivity contribution is 5.94. The Kier molecular flexibility index (Phi) is 6.39. The number of nitrogens with zero attached hydrogens (tertiary/aromatic N) is 4. The third-order valence-corrected chi connectivity index (χ3v) is 5.52. The van der Waals surface area contributed by atoms with Gasteiger partial charge in [-0.1, -0.05) is 0 Å². The Balaban J connectivity index is 1.45. The van der Waals surface area contributed by atoms with Crippen molar-refractivity contribution < 1.29 is 9.53 Å². The van der Waals surface area contributed by atoms with Crippen LogP contribution >= 0.6 is 0 Å². The van der Waals surface area contributed by atoms with Crippen LogP contribution in [0.2, 0.25) is 0 Å². The first-order valence-electron chi connectivity index (χ1n) is 9.36. The van der Waals surface area contributed by atoms with E-state index in [1.807, 2.05) is 4.90 Å². The number of hydrogen-bond donors (Lipinski definition) is 0. The first-order chi connectivity index (χ1) is 12.1. The lowest BCUT2D eigenvalue weighted by molar-refractivity contribution is 0.00867. The Morgan fingerprint density at radius 3 is 2.52 bits per heavy atom. The van der Waals surface area contributed by atoms with Gasteiger partial charge in [0.15, 0.2) is 0 Å². The van der Waals surface area contributed by atoms with Gasteiger partial charge in [0.1, 0.15) is 0 Å². The third kappa shape index (κ3) is 4.77. The Morgan fingerprint density at radius 1 is 1.24 bits per heavy atom. The second-order valence-corrected chi connectivity index (χ2v) is 7.20. The van der Waals surface area contributed by atoms with Crippen LogP contribution in [0.4, 0.5) is 0 Å². The standard InChI is InChI=1S/C19H30N4O2/c1-16(22-11-13-25-14-12-22)15-21(2)18-5-9-23(10-6-18)19(24)17-3-7-20-8-4-17/h3-4,7-8,16,18H,5-6,9-15H2,1-2H3. The molecule has 2 aliphatic heterocycles. The number of ether oxygens (including phenoxy) is 1. The summed E-state index contributed by atoms with van der Waals surface area (Å²) in [6.45, 7) is 8.83. The van der Waals surface area contributed by atoms with E-state index in [0.717, 1.165) is 64.3 Å². The van der Waals surface area contributed by atoms with Crippen molar-refractivity contribution in [3.05, 3.63) is 30.1 Å². The number of hydrogen-bond acceptors (Lipinski definition) is 5. The molecule has 138 valence electrons. The predicted molar refractivity (Wildman–Crippen MR) is 97.6 cm³/mol. The SMILES string of the molecule is CC(CN(C)C1CCN(C(=O)c2ccncc2)CC1)N1CCOCC1. The van der Waals surface area contributed by atoms with Crippen molar-refractivity contribution in [1.29, 1.82) is 0 Å². The molecule has 1 amide bonds. The first kappa shape index (κ1) is 18.3. The van der Waals surface area contributed by atoms with Gasteiger partial charge in [-0.2, -0.15) is 0 Å². The number of pyridine rings is 1. The van der Waals surface area contributed by atoms with Crippen molar-refractivity contribution >= 4 is 5.91 Å². The van der Waals surface area contributed by atoms with E-state index < -0.39 is 0 Å². The maximum atomic E-state index is 12.5. The van der Waals surface area contributed by atoms with Gasteiger partial charge < -0.3 is 14.5 Å². The van der Waals surface area contributed by atoms with Crippen LogP contribution in [-0.4, -0.2) is 90.7 Å². The third-order valence-electron chi connectivity index (χ3n) is 5.52. The Morgan fingerprint density at radius 2 is 1.88 bits per heavy atom. The molecule has 0 N–H and O–H groups in total. The second-order valence-electron chi connectivity index (χ2n) is 7.20. The molecule has 3 heterocycles. The summed E-state index contributed by atoms with van der Waals surface area (Å²) < 4.78 is 5.45. The molecule has 6 heteroatoms. The number of aromatic nitrogens is 1. The first-order valence-corrected chi connectivity index (χ1v) is 9.36. The Bertz CT molecular complexity index is 540. The van der Waals surface area contributed by atoms with Crippen molar-refractivity contribution in [1.82, 2.24) is 19.7 Å². The number of carbonyl (C=O) groups excluding carboxylic acids is 1. The molecule has 1 atom stereocenters. The molecular formula is C19H30N4O2. The molecule has 0 aliphatic carbocycles. The van der Waals surface area contributed by atoms with Gasteiger partial charge in [0.05, 0.1) is 13.2 Å². The maximum absolute atomic E-state index is 12.5. The molecule has 0 radical (unpaired) electrons. The number of piperidine rings is 1. The molecule has 1 aromatic heterocycles. The van der Waals surface area contributed by atoms with E-state index in [0.29, 0.717) is 12.1 Å². The molecule has 6 nitrogen and oxygen atoms in total. The van der Waals surface area contributed by atoms with E-state index >= 15 is 0 Å². The molecule has 2 aliphatic rings. The number of amides is 1. The minimum absolute atomic E-state index is 0.130. The molecule has 25 heavy (non-hydrogen) atoms. The van der Waals surface area contributed by atoms with Crippen LogP contribution in [0.25, 0.3) is 0 Å². The van der Waals surface area contributed by atoms with Gasteiger partial charge in [-0.05, 0) is 38.9 Å². The largest absolute Gasteiger partial charge is 0.379 e. The van der Waals surface area contributed by atoms with E-state index in [2.05, 4.69) is 28.8 Å². The van der Waals surface area contributed by atoms with Crippen molar-refractivity contribution in [2.75, 3.05) is 53.0 Å². The summed E-state index contributed by atoms with van der Waals surface area (Å²) in [5.74, 6) is 0.130. The highest BCUT2D eigenvalue weighted by Crippen LogP contribution is 2.18. The van der Waals surface area contributed by atoms with Crippen molar-refractivity contribution in [3.8, 4) is 0 Å². The fraction of sp³-hybridized carbons (Fsp3) is 0.684. The fourth-order valence-corrected chi connectivity index (χ4v) is 3.89. The summed E-state index contributed by atoms with van der Waals surface area (Å²) in [5.41, 5.74) is 0.739. The summed E-state index contributed by atoms with van der Waals surface area (Å²) >= 11 is 0. The van der Waals surface area contributed by atoms with Gasteiger partial charge in [-0.3, -0.25) is 14.7 Å². The zero-order valence-electron chi connectivity index (χ0n) is 15.4. The van der Waals surface area contributed by atoms with E-state index in [-0.39, 0.29) is 5.91 Å². The molecule has 2 saturated heterocycles. The lowest BCUT2D eigenvalue weighted by Crippen LogP contribution is -2.51. The van der Waals surface area contributed by atoms with E-state index in [9.17, 15) is 4.79 Å². The van der Waals surface area contributed by atoms with E-state index in [1.54, 1.807) is 24.5 Å². The van der Waals surface area contributed by atoms with E-state index in [1.165, 1.54) is 0 Å². The van der Waals surface area contributed by atoms with Gasteiger partial charge in [-0.15, -0.1) is 0 Å². The second kappa shape index (κ2) is 8.74. The highest BCUT2D eigenvalue weighted by atomic mass is 16.5. The lowest BCUT2D eigenvalue weighted by atomic mass is 10.0. The average molecular weight is 346 g/mol. The van der Waals surface area contributed by atoms with Crippen LogP contribution in [0, 0.1) is 0 Å². The number of carbonyl (C=O) groups is 1. The Labute approximate surface area is 150 Å². The van der Waals surface area contributed by atoms with Crippen molar-refractivity contribution in [3.63, 3.8) is 0 Å². The van der Waals surface area contributed by atoms with Crippen molar-refractivity contribution in [2.45, 2.75) is 31.8 Å². The summed E-state index contributed by atoms with van der Waals surface area (Å²) in [7, 11) is 2.22. The topological polar surface area (TPSA) is 48.9 Å². The van der Waals surface area contributed by atoms with Gasteiger partial charge in [0.2, 0.25) is 0 Å². The van der Waals surface area contributed by atoms with Crippen LogP contribution in [-0.2, 0) is 4.74 Å². The summed E-state index contributed by atoms with van der Waals surface area (Å²) in [5, 5.41) is 0. The van der Waals surface area contributed by atoms with Crippen LogP contribution < -0.4 is 0 Å². The van der Waals surface area contributed by atoms with E-state index in [4.69, 9.17) is 4.74 Å². The zero-order valence-corrected chi connectivity index (χ0v) is 15.4. The van der Waals surface area contributed by atoms with Gasteiger partial charge >= 0.3 is 0 Å². The van der Waals surface area contributed by atoms with Crippen LogP contribution in [0.3, 0.4) is 0 Å². The number of likely N-dealkylation sites (N-methyl/N-ethyl adjacent to an activating group) is 1. The normalized spacial score (nSPS) is 21.5. The molecule has 0 spiro atoms. The highest BCUT2D eigenvalue weighted by Gasteiger charge is 2.27. The number of morpholine rings is 1. The molecule has 0 aromatic carbocycles. The predicted octanol–water partition coefficient (Wildman–Crippen LogP) is 1.34. The molecule has 1 aromatic rings. The molecule has 1 unspecified atom stereocenters. The summed E-state index contributed by atoms with van der Waals surface area (Å²) in [4.78, 5) is 23.5. The maximum Gasteiger partial charge on any atom is 0.253 e. The molecule has 0 bridgehead atoms. The lowest BCUT2D eigenvalue weighted by Gasteiger charge is -2.40. The molecule has 3 rings (SSSR count). The minimum atomic E-state index is 0.130. The molecule has 2 fully saturated rings. The van der Waals surface area contributed by atoms with Gasteiger partial charge in [0.25, 0.3) is 5.91 Å². The summed E-state index contributed by atoms with van der Waals surface area (Å²) in [6.07, 6.45) is 5.45. The average Bonchev–Trinajstić information content (AvgIpc) is 2.69. The fourth-order valence-electron chi connectivity index (χ4n) is 3.89. The van der Waals surface area contributed by atoms with Gasteiger partial charge in [-0.25, -0.2) is 0 Å². The Hall–Kier alpha value is -1.50. The minimum Gasteiger partial charge on any atom is -0.379 e. The van der Waals surface area contributed by atoms with Gasteiger partial charge in [0, 0.05) is 62.8 Å². The molecule has 0 saturated carbocycles. The molecular weight excluding hydrogens is 316 g/mol.